The molecule has 0 aliphatic carbocycles. The summed E-state index contributed by atoms with van der Waals surface area (Å²) >= 11 is 0. The molecule has 1 aromatic rings. The van der Waals surface area contributed by atoms with Crippen molar-refractivity contribution in [2.75, 3.05) is 18.0 Å². The van der Waals surface area contributed by atoms with Crippen LogP contribution in [-0.4, -0.2) is 30.7 Å². The minimum Gasteiger partial charge on any atom is -0.444 e. The number of alkyl carbamates (subject to hydrolysis) is 1. The Morgan fingerprint density at radius 2 is 2.04 bits per heavy atom. The van der Waals surface area contributed by atoms with Crippen LogP contribution in [0.25, 0.3) is 0 Å². The average Bonchev–Trinajstić information content (AvgIpc) is 2.51. The first-order chi connectivity index (χ1) is 11.3. The van der Waals surface area contributed by atoms with Crippen LogP contribution in [0.2, 0.25) is 0 Å². The van der Waals surface area contributed by atoms with Gasteiger partial charge in [0, 0.05) is 25.3 Å². The van der Waals surface area contributed by atoms with E-state index in [4.69, 9.17) is 10.5 Å². The van der Waals surface area contributed by atoms with Crippen LogP contribution in [0.4, 0.5) is 10.5 Å². The van der Waals surface area contributed by atoms with Crippen molar-refractivity contribution in [3.63, 3.8) is 0 Å². The first-order valence-corrected chi connectivity index (χ1v) is 8.35. The van der Waals surface area contributed by atoms with Gasteiger partial charge in [0.25, 0.3) is 0 Å². The lowest BCUT2D eigenvalue weighted by molar-refractivity contribution is -0.122. The molecule has 132 valence electrons. The van der Waals surface area contributed by atoms with E-state index >= 15 is 0 Å². The van der Waals surface area contributed by atoms with Gasteiger partial charge >= 0.3 is 6.09 Å². The van der Waals surface area contributed by atoms with E-state index in [1.54, 1.807) is 0 Å². The molecular weight excluding hydrogens is 306 g/mol. The SMILES string of the molecule is CC(C)(C)OC(=O)NCc1ccccc1N1CCC[C@H](C(N)=O)C1. The van der Waals surface area contributed by atoms with Gasteiger partial charge in [-0.3, -0.25) is 4.79 Å². The lowest BCUT2D eigenvalue weighted by atomic mass is 9.96. The zero-order chi connectivity index (χ0) is 17.7. The molecule has 1 atom stereocenters. The number of amides is 2. The van der Waals surface area contributed by atoms with Crippen molar-refractivity contribution in [3.8, 4) is 0 Å². The van der Waals surface area contributed by atoms with Gasteiger partial charge in [0.2, 0.25) is 5.91 Å². The second-order valence-corrected chi connectivity index (χ2v) is 7.17. The molecule has 0 spiro atoms. The Hall–Kier alpha value is -2.24. The van der Waals surface area contributed by atoms with E-state index in [9.17, 15) is 9.59 Å². The van der Waals surface area contributed by atoms with Gasteiger partial charge in [-0.25, -0.2) is 4.79 Å². The molecule has 1 aromatic carbocycles. The van der Waals surface area contributed by atoms with Gasteiger partial charge < -0.3 is 20.7 Å². The zero-order valence-corrected chi connectivity index (χ0v) is 14.7. The number of carbonyl (C=O) groups is 2. The van der Waals surface area contributed by atoms with Gasteiger partial charge in [-0.15, -0.1) is 0 Å². The molecule has 0 bridgehead atoms. The molecule has 2 amide bonds. The van der Waals surface area contributed by atoms with Gasteiger partial charge in [0.15, 0.2) is 0 Å². The molecule has 1 fully saturated rings. The number of rotatable bonds is 4. The fourth-order valence-electron chi connectivity index (χ4n) is 2.88. The number of primary amides is 1. The van der Waals surface area contributed by atoms with E-state index in [1.165, 1.54) is 0 Å². The number of nitrogens with zero attached hydrogens (tertiary/aromatic N) is 1. The van der Waals surface area contributed by atoms with E-state index in [0.717, 1.165) is 30.6 Å². The van der Waals surface area contributed by atoms with Crippen LogP contribution < -0.4 is 16.0 Å². The summed E-state index contributed by atoms with van der Waals surface area (Å²) in [4.78, 5) is 25.5. The number of para-hydroxylation sites is 1. The zero-order valence-electron chi connectivity index (χ0n) is 14.7. The quantitative estimate of drug-likeness (QED) is 0.886. The normalized spacial score (nSPS) is 18.1. The van der Waals surface area contributed by atoms with Crippen molar-refractivity contribution in [2.24, 2.45) is 11.7 Å². The van der Waals surface area contributed by atoms with Crippen LogP contribution in [0.5, 0.6) is 0 Å². The summed E-state index contributed by atoms with van der Waals surface area (Å²) in [5, 5.41) is 2.79. The molecule has 0 aromatic heterocycles. The van der Waals surface area contributed by atoms with E-state index in [1.807, 2.05) is 45.0 Å². The third-order valence-electron chi connectivity index (χ3n) is 3.98. The highest BCUT2D eigenvalue weighted by Crippen LogP contribution is 2.26. The van der Waals surface area contributed by atoms with Crippen LogP contribution >= 0.6 is 0 Å². The van der Waals surface area contributed by atoms with E-state index < -0.39 is 11.7 Å². The van der Waals surface area contributed by atoms with Crippen molar-refractivity contribution in [1.29, 1.82) is 0 Å². The Balaban J connectivity index is 2.04. The minimum atomic E-state index is -0.523. The second-order valence-electron chi connectivity index (χ2n) is 7.17. The fraction of sp³-hybridized carbons (Fsp3) is 0.556. The number of hydrogen-bond donors (Lipinski definition) is 2. The van der Waals surface area contributed by atoms with E-state index in [-0.39, 0.29) is 11.8 Å². The van der Waals surface area contributed by atoms with Crippen molar-refractivity contribution in [3.05, 3.63) is 29.8 Å². The molecule has 1 saturated heterocycles. The number of piperidine rings is 1. The lowest BCUT2D eigenvalue weighted by Crippen LogP contribution is -2.41. The number of ether oxygens (including phenoxy) is 1. The molecule has 3 N–H and O–H groups in total. The van der Waals surface area contributed by atoms with E-state index in [0.29, 0.717) is 13.1 Å². The standard InChI is InChI=1S/C18H27N3O3/c1-18(2,3)24-17(23)20-11-13-7-4-5-9-15(13)21-10-6-8-14(12-21)16(19)22/h4-5,7,9,14H,6,8,10-12H2,1-3H3,(H2,19,22)(H,20,23)/t14-/m0/s1. The van der Waals surface area contributed by atoms with Crippen LogP contribution in [0.3, 0.4) is 0 Å². The first kappa shape index (κ1) is 18.1. The monoisotopic (exact) mass is 333 g/mol. The van der Waals surface area contributed by atoms with Gasteiger partial charge in [-0.2, -0.15) is 0 Å². The third-order valence-corrected chi connectivity index (χ3v) is 3.98. The summed E-state index contributed by atoms with van der Waals surface area (Å²) in [5.74, 6) is -0.366. The number of hydrogen-bond acceptors (Lipinski definition) is 4. The van der Waals surface area contributed by atoms with Gasteiger partial charge in [0.1, 0.15) is 5.60 Å². The molecule has 0 saturated carbocycles. The first-order valence-electron chi connectivity index (χ1n) is 8.35. The summed E-state index contributed by atoms with van der Waals surface area (Å²) in [6.07, 6.45) is 1.33. The maximum Gasteiger partial charge on any atom is 0.407 e. The third kappa shape index (κ3) is 5.15. The number of nitrogens with one attached hydrogen (secondary N) is 1. The van der Waals surface area contributed by atoms with Crippen LogP contribution in [0, 0.1) is 5.92 Å². The predicted molar refractivity (Wildman–Crippen MR) is 93.6 cm³/mol. The molecule has 0 unspecified atom stereocenters. The summed E-state index contributed by atoms with van der Waals surface area (Å²) in [6, 6.07) is 7.88. The molecule has 24 heavy (non-hydrogen) atoms. The molecule has 0 radical (unpaired) electrons. The largest absolute Gasteiger partial charge is 0.444 e. The molecule has 1 aliphatic heterocycles. The number of anilines is 1. The molecule has 6 heteroatoms. The predicted octanol–water partition coefficient (Wildman–Crippen LogP) is 2.41. The fourth-order valence-corrected chi connectivity index (χ4v) is 2.88. The maximum atomic E-state index is 11.9. The highest BCUT2D eigenvalue weighted by molar-refractivity contribution is 5.77. The maximum absolute atomic E-state index is 11.9. The molecular formula is C18H27N3O3. The van der Waals surface area contributed by atoms with Gasteiger partial charge in [0.05, 0.1) is 5.92 Å². The van der Waals surface area contributed by atoms with Crippen molar-refractivity contribution >= 4 is 17.7 Å². The number of carbonyl (C=O) groups excluding carboxylic acids is 2. The van der Waals surface area contributed by atoms with Crippen molar-refractivity contribution < 1.29 is 14.3 Å². The van der Waals surface area contributed by atoms with Gasteiger partial charge in [-0.1, -0.05) is 18.2 Å². The number of nitrogens with two attached hydrogens (primary N) is 1. The Morgan fingerprint density at radius 1 is 1.33 bits per heavy atom. The van der Waals surface area contributed by atoms with Crippen molar-refractivity contribution in [1.82, 2.24) is 5.32 Å². The molecule has 6 nitrogen and oxygen atoms in total. The van der Waals surface area contributed by atoms with E-state index in [2.05, 4.69) is 10.2 Å². The summed E-state index contributed by atoms with van der Waals surface area (Å²) < 4.78 is 5.27. The van der Waals surface area contributed by atoms with Crippen LogP contribution in [-0.2, 0) is 16.1 Å². The Bertz CT molecular complexity index is 595. The Labute approximate surface area is 143 Å². The number of benzene rings is 1. The Morgan fingerprint density at radius 3 is 2.71 bits per heavy atom. The molecule has 1 heterocycles. The topological polar surface area (TPSA) is 84.7 Å². The van der Waals surface area contributed by atoms with Crippen LogP contribution in [0.15, 0.2) is 24.3 Å². The van der Waals surface area contributed by atoms with Crippen molar-refractivity contribution in [2.45, 2.75) is 45.8 Å². The summed E-state index contributed by atoms with van der Waals surface area (Å²) in [6.45, 7) is 7.38. The smallest absolute Gasteiger partial charge is 0.407 e. The van der Waals surface area contributed by atoms with Crippen LogP contribution in [0.1, 0.15) is 39.2 Å². The van der Waals surface area contributed by atoms with Gasteiger partial charge in [-0.05, 0) is 45.2 Å². The lowest BCUT2D eigenvalue weighted by Gasteiger charge is -2.34. The molecule has 2 rings (SSSR count). The second kappa shape index (κ2) is 7.55. The average molecular weight is 333 g/mol. The Kier molecular flexibility index (Phi) is 5.70. The molecule has 1 aliphatic rings. The highest BCUT2D eigenvalue weighted by Gasteiger charge is 2.25. The summed E-state index contributed by atoms with van der Waals surface area (Å²) in [5.41, 5.74) is 6.96. The highest BCUT2D eigenvalue weighted by atomic mass is 16.6. The summed E-state index contributed by atoms with van der Waals surface area (Å²) in [7, 11) is 0. The minimum absolute atomic E-state index is 0.120.